The molecule has 0 heterocycles. The van der Waals surface area contributed by atoms with Crippen molar-refractivity contribution in [3.63, 3.8) is 0 Å². The predicted octanol–water partition coefficient (Wildman–Crippen LogP) is 6.72. The van der Waals surface area contributed by atoms with Gasteiger partial charge in [-0.05, 0) is 76.2 Å². The molecule has 1 fully saturated rings. The molecule has 1 aromatic rings. The smallest absolute Gasteiger partial charge is 0.408 e. The molecule has 1 saturated carbocycles. The maximum absolute atomic E-state index is 14.3. The van der Waals surface area contributed by atoms with E-state index in [9.17, 15) is 19.5 Å². The standard InChI is InChI=1S/C32H53N3O5S/c1-6-7-8-9-10-14-21-35(30(38)27(20-22-41-5)34-31(39)40-32(2,3)4)28(24-16-15-19-26(36)23-24)29(37)33-25-17-12-11-13-18-25/h15-16,19,23,25,27-28,36H,6-14,17-18,20-22H2,1-5H3,(H,33,37)(H,34,39). The summed E-state index contributed by atoms with van der Waals surface area (Å²) in [5, 5.41) is 16.3. The van der Waals surface area contributed by atoms with E-state index < -0.39 is 23.8 Å². The van der Waals surface area contributed by atoms with Crippen LogP contribution in [0.5, 0.6) is 5.75 Å². The number of alkyl carbamates (subject to hydrolysis) is 1. The second kappa shape index (κ2) is 18.2. The fourth-order valence-corrected chi connectivity index (χ4v) is 5.74. The third kappa shape index (κ3) is 13.0. The zero-order valence-corrected chi connectivity index (χ0v) is 26.7. The molecule has 0 radical (unpaired) electrons. The number of hydrogen-bond acceptors (Lipinski definition) is 6. The molecule has 0 aliphatic heterocycles. The summed E-state index contributed by atoms with van der Waals surface area (Å²) in [6, 6.07) is 4.89. The largest absolute Gasteiger partial charge is 0.508 e. The number of phenols is 1. The average Bonchev–Trinajstić information content (AvgIpc) is 2.91. The van der Waals surface area contributed by atoms with E-state index >= 15 is 0 Å². The molecule has 1 aliphatic rings. The molecule has 0 spiro atoms. The van der Waals surface area contributed by atoms with Gasteiger partial charge >= 0.3 is 6.09 Å². The number of thioether (sulfide) groups is 1. The highest BCUT2D eigenvalue weighted by Gasteiger charge is 2.37. The van der Waals surface area contributed by atoms with Crippen LogP contribution in [0.15, 0.2) is 24.3 Å². The minimum atomic E-state index is -0.926. The molecule has 3 amide bonds. The molecule has 0 aromatic heterocycles. The number of ether oxygens (including phenoxy) is 1. The molecule has 1 aromatic carbocycles. The van der Waals surface area contributed by atoms with E-state index in [0.717, 1.165) is 57.8 Å². The molecule has 2 rings (SSSR count). The molecule has 1 aliphatic carbocycles. The van der Waals surface area contributed by atoms with Crippen LogP contribution in [0, 0.1) is 0 Å². The summed E-state index contributed by atoms with van der Waals surface area (Å²) in [6.07, 6.45) is 13.0. The predicted molar refractivity (Wildman–Crippen MR) is 167 cm³/mol. The number of unbranched alkanes of at least 4 members (excludes halogenated alkanes) is 5. The minimum absolute atomic E-state index is 0.0377. The summed E-state index contributed by atoms with van der Waals surface area (Å²) in [7, 11) is 0. The summed E-state index contributed by atoms with van der Waals surface area (Å²) >= 11 is 1.59. The molecule has 9 heteroatoms. The van der Waals surface area contributed by atoms with Gasteiger partial charge in [-0.1, -0.05) is 70.4 Å². The number of nitrogens with zero attached hydrogens (tertiary/aromatic N) is 1. The van der Waals surface area contributed by atoms with Crippen molar-refractivity contribution in [3.05, 3.63) is 29.8 Å². The van der Waals surface area contributed by atoms with Crippen LogP contribution in [-0.2, 0) is 14.3 Å². The van der Waals surface area contributed by atoms with E-state index in [1.165, 1.54) is 12.8 Å². The van der Waals surface area contributed by atoms with Gasteiger partial charge in [-0.15, -0.1) is 0 Å². The minimum Gasteiger partial charge on any atom is -0.508 e. The van der Waals surface area contributed by atoms with Crippen molar-refractivity contribution in [2.24, 2.45) is 0 Å². The van der Waals surface area contributed by atoms with Gasteiger partial charge in [0.1, 0.15) is 23.4 Å². The zero-order chi connectivity index (χ0) is 30.3. The lowest BCUT2D eigenvalue weighted by atomic mass is 9.94. The SMILES string of the molecule is CCCCCCCCN(C(=O)C(CCSC)NC(=O)OC(C)(C)C)C(C(=O)NC1CCCCC1)c1cccc(O)c1. The van der Waals surface area contributed by atoms with Crippen LogP contribution in [0.25, 0.3) is 0 Å². The number of amides is 3. The van der Waals surface area contributed by atoms with Crippen molar-refractivity contribution < 1.29 is 24.2 Å². The van der Waals surface area contributed by atoms with Crippen molar-refractivity contribution in [2.75, 3.05) is 18.6 Å². The maximum Gasteiger partial charge on any atom is 0.408 e. The Hall–Kier alpha value is -2.42. The van der Waals surface area contributed by atoms with Crippen LogP contribution in [0.1, 0.15) is 116 Å². The normalized spacial score (nSPS) is 15.5. The fourth-order valence-electron chi connectivity index (χ4n) is 5.27. The number of hydrogen-bond donors (Lipinski definition) is 3. The van der Waals surface area contributed by atoms with Gasteiger partial charge in [0.05, 0.1) is 0 Å². The Kier molecular flexibility index (Phi) is 15.4. The van der Waals surface area contributed by atoms with Crippen LogP contribution in [0.2, 0.25) is 0 Å². The van der Waals surface area contributed by atoms with Gasteiger partial charge in [0.2, 0.25) is 11.8 Å². The summed E-state index contributed by atoms with van der Waals surface area (Å²) < 4.78 is 5.48. The Morgan fingerprint density at radius 1 is 1.07 bits per heavy atom. The first-order chi connectivity index (χ1) is 19.6. The van der Waals surface area contributed by atoms with E-state index in [0.29, 0.717) is 24.3 Å². The second-order valence-corrected chi connectivity index (χ2v) is 13.1. The molecular formula is C32H53N3O5S. The molecule has 8 nitrogen and oxygen atoms in total. The Morgan fingerprint density at radius 3 is 2.39 bits per heavy atom. The van der Waals surface area contributed by atoms with Gasteiger partial charge in [-0.25, -0.2) is 4.79 Å². The van der Waals surface area contributed by atoms with E-state index in [1.807, 2.05) is 6.26 Å². The second-order valence-electron chi connectivity index (χ2n) is 12.1. The molecule has 0 saturated heterocycles. The van der Waals surface area contributed by atoms with Crippen LogP contribution in [0.4, 0.5) is 4.79 Å². The first-order valence-electron chi connectivity index (χ1n) is 15.4. The van der Waals surface area contributed by atoms with Gasteiger partial charge in [-0.2, -0.15) is 11.8 Å². The highest BCUT2D eigenvalue weighted by atomic mass is 32.2. The van der Waals surface area contributed by atoms with Crippen LogP contribution < -0.4 is 10.6 Å². The molecule has 0 bridgehead atoms. The molecule has 41 heavy (non-hydrogen) atoms. The number of rotatable bonds is 16. The summed E-state index contributed by atoms with van der Waals surface area (Å²) in [5.74, 6) is 0.131. The Balaban J connectivity index is 2.42. The lowest BCUT2D eigenvalue weighted by Gasteiger charge is -2.36. The number of benzene rings is 1. The summed E-state index contributed by atoms with van der Waals surface area (Å²) in [5.41, 5.74) is -0.155. The first kappa shape index (κ1) is 34.8. The number of aromatic hydroxyl groups is 1. The number of nitrogens with one attached hydrogen (secondary N) is 2. The van der Waals surface area contributed by atoms with Crippen LogP contribution in [-0.4, -0.2) is 64.2 Å². The zero-order valence-electron chi connectivity index (χ0n) is 25.9. The van der Waals surface area contributed by atoms with Gasteiger partial charge in [0.15, 0.2) is 0 Å². The molecule has 232 valence electrons. The van der Waals surface area contributed by atoms with Gasteiger partial charge in [0.25, 0.3) is 0 Å². The monoisotopic (exact) mass is 591 g/mol. The van der Waals surface area contributed by atoms with Crippen LogP contribution in [0.3, 0.4) is 0 Å². The van der Waals surface area contributed by atoms with Gasteiger partial charge in [-0.3, -0.25) is 9.59 Å². The van der Waals surface area contributed by atoms with Gasteiger partial charge < -0.3 is 25.4 Å². The highest BCUT2D eigenvalue weighted by molar-refractivity contribution is 7.98. The molecular weight excluding hydrogens is 538 g/mol. The molecule has 2 atom stereocenters. The van der Waals surface area contributed by atoms with Crippen molar-refractivity contribution >= 4 is 29.7 Å². The van der Waals surface area contributed by atoms with E-state index in [2.05, 4.69) is 17.6 Å². The number of phenolic OH excluding ortho intramolecular Hbond substituents is 1. The first-order valence-corrected chi connectivity index (χ1v) is 16.8. The fraction of sp³-hybridized carbons (Fsp3) is 0.719. The Morgan fingerprint density at radius 2 is 1.76 bits per heavy atom. The Bertz CT molecular complexity index is 946. The number of carbonyl (C=O) groups excluding carboxylic acids is 3. The lowest BCUT2D eigenvalue weighted by molar-refractivity contribution is -0.143. The third-order valence-electron chi connectivity index (χ3n) is 7.33. The van der Waals surface area contributed by atoms with Crippen molar-refractivity contribution in [1.29, 1.82) is 0 Å². The summed E-state index contributed by atoms with van der Waals surface area (Å²) in [4.78, 5) is 42.7. The van der Waals surface area contributed by atoms with Crippen molar-refractivity contribution in [1.82, 2.24) is 15.5 Å². The third-order valence-corrected chi connectivity index (χ3v) is 7.98. The van der Waals surface area contributed by atoms with E-state index in [1.54, 1.807) is 61.7 Å². The van der Waals surface area contributed by atoms with Gasteiger partial charge in [0, 0.05) is 12.6 Å². The number of carbonyl (C=O) groups is 3. The van der Waals surface area contributed by atoms with E-state index in [4.69, 9.17) is 4.74 Å². The molecule has 2 unspecified atom stereocenters. The topological polar surface area (TPSA) is 108 Å². The van der Waals surface area contributed by atoms with E-state index in [-0.39, 0.29) is 23.6 Å². The van der Waals surface area contributed by atoms with Crippen LogP contribution >= 0.6 is 11.8 Å². The molecule has 3 N–H and O–H groups in total. The maximum atomic E-state index is 14.3. The Labute approximate surface area is 251 Å². The lowest BCUT2D eigenvalue weighted by Crippen LogP contribution is -2.54. The quantitative estimate of drug-likeness (QED) is 0.184. The highest BCUT2D eigenvalue weighted by Crippen LogP contribution is 2.28. The van der Waals surface area contributed by atoms with Crippen molar-refractivity contribution in [3.8, 4) is 5.75 Å². The average molecular weight is 592 g/mol. The summed E-state index contributed by atoms with van der Waals surface area (Å²) in [6.45, 7) is 7.89. The van der Waals surface area contributed by atoms with Crippen molar-refractivity contribution in [2.45, 2.75) is 128 Å².